The molecule has 3 rings (SSSR count). The molecule has 0 unspecified atom stereocenters. The minimum atomic E-state index is 0.721. The summed E-state index contributed by atoms with van der Waals surface area (Å²) in [5.74, 6) is 0. The van der Waals surface area contributed by atoms with Crippen molar-refractivity contribution in [2.45, 2.75) is 13.5 Å². The average Bonchev–Trinajstić information content (AvgIpc) is 2.80. The molecule has 0 bridgehead atoms. The van der Waals surface area contributed by atoms with Crippen LogP contribution in [0.1, 0.15) is 11.3 Å². The largest absolute Gasteiger partial charge is 0.379 e. The van der Waals surface area contributed by atoms with Gasteiger partial charge in [0.1, 0.15) is 4.60 Å². The fraction of sp³-hybridized carbons (Fsp3) is 0.143. The van der Waals surface area contributed by atoms with Crippen LogP contribution in [0.3, 0.4) is 0 Å². The normalized spacial score (nSPS) is 10.9. The first-order chi connectivity index (χ1) is 9.63. The van der Waals surface area contributed by atoms with E-state index < -0.39 is 0 Å². The van der Waals surface area contributed by atoms with Gasteiger partial charge in [-0.05, 0) is 69.2 Å². The van der Waals surface area contributed by atoms with E-state index in [4.69, 9.17) is 0 Å². The van der Waals surface area contributed by atoms with E-state index >= 15 is 0 Å². The first-order valence-electron chi connectivity index (χ1n) is 6.11. The first kappa shape index (κ1) is 13.8. The van der Waals surface area contributed by atoms with Crippen LogP contribution in [0, 0.1) is 10.5 Å². The van der Waals surface area contributed by atoms with E-state index in [0.29, 0.717) is 0 Å². The number of fused-ring (bicyclic) bond motifs is 1. The molecular formula is C14H12BrIN4. The summed E-state index contributed by atoms with van der Waals surface area (Å²) in [5.41, 5.74) is 4.34. The van der Waals surface area contributed by atoms with Crippen molar-refractivity contribution in [3.8, 4) is 0 Å². The lowest BCUT2D eigenvalue weighted by Gasteiger charge is -2.09. The lowest BCUT2D eigenvalue weighted by molar-refractivity contribution is 0.981. The molecule has 102 valence electrons. The number of aromatic nitrogens is 3. The van der Waals surface area contributed by atoms with Gasteiger partial charge in [0.2, 0.25) is 0 Å². The maximum atomic E-state index is 4.35. The number of hydrogen-bond acceptors (Lipinski definition) is 3. The molecule has 0 amide bonds. The molecule has 3 aromatic rings. The molecule has 0 aliphatic rings. The molecule has 2 heterocycles. The van der Waals surface area contributed by atoms with Gasteiger partial charge in [0.25, 0.3) is 0 Å². The summed E-state index contributed by atoms with van der Waals surface area (Å²) >= 11 is 5.71. The zero-order chi connectivity index (χ0) is 14.1. The number of hydrogen-bond donors (Lipinski definition) is 1. The first-order valence-corrected chi connectivity index (χ1v) is 7.98. The summed E-state index contributed by atoms with van der Waals surface area (Å²) in [7, 11) is 0. The van der Waals surface area contributed by atoms with Crippen molar-refractivity contribution in [1.82, 2.24) is 14.4 Å². The molecule has 1 aromatic carbocycles. The number of nitrogens with zero attached hydrogens (tertiary/aromatic N) is 3. The molecule has 2 aromatic heterocycles. The van der Waals surface area contributed by atoms with Crippen molar-refractivity contribution in [3.05, 3.63) is 56.2 Å². The predicted molar refractivity (Wildman–Crippen MR) is 91.9 cm³/mol. The van der Waals surface area contributed by atoms with Crippen LogP contribution in [0.4, 0.5) is 5.69 Å². The van der Waals surface area contributed by atoms with Crippen molar-refractivity contribution in [2.75, 3.05) is 5.32 Å². The van der Waals surface area contributed by atoms with Crippen molar-refractivity contribution in [2.24, 2.45) is 0 Å². The molecule has 6 heteroatoms. The maximum Gasteiger partial charge on any atom is 0.155 e. The summed E-state index contributed by atoms with van der Waals surface area (Å²) in [5, 5.41) is 3.45. The third kappa shape index (κ3) is 2.80. The van der Waals surface area contributed by atoms with Gasteiger partial charge in [0.15, 0.2) is 5.65 Å². The molecular weight excluding hydrogens is 431 g/mol. The van der Waals surface area contributed by atoms with Gasteiger partial charge in [0.05, 0.1) is 24.6 Å². The van der Waals surface area contributed by atoms with E-state index in [9.17, 15) is 0 Å². The molecule has 0 aliphatic carbocycles. The van der Waals surface area contributed by atoms with Crippen LogP contribution in [-0.2, 0) is 6.54 Å². The molecule has 0 radical (unpaired) electrons. The number of anilines is 1. The number of halogens is 2. The molecule has 1 N–H and O–H groups in total. The summed E-state index contributed by atoms with van der Waals surface area (Å²) in [6.45, 7) is 2.83. The Hall–Kier alpha value is -1.15. The van der Waals surface area contributed by atoms with Gasteiger partial charge in [0, 0.05) is 15.5 Å². The summed E-state index contributed by atoms with van der Waals surface area (Å²) < 4.78 is 4.08. The van der Waals surface area contributed by atoms with Gasteiger partial charge in [-0.3, -0.25) is 4.40 Å². The minimum Gasteiger partial charge on any atom is -0.379 e. The second kappa shape index (κ2) is 5.69. The summed E-state index contributed by atoms with van der Waals surface area (Å²) in [4.78, 5) is 8.52. The maximum absolute atomic E-state index is 4.35. The Labute approximate surface area is 138 Å². The molecule has 0 atom stereocenters. The van der Waals surface area contributed by atoms with Crippen molar-refractivity contribution >= 4 is 49.9 Å². The van der Waals surface area contributed by atoms with Gasteiger partial charge in [-0.1, -0.05) is 0 Å². The Morgan fingerprint density at radius 2 is 2.15 bits per heavy atom. The van der Waals surface area contributed by atoms with Crippen LogP contribution < -0.4 is 5.32 Å². The van der Waals surface area contributed by atoms with Crippen molar-refractivity contribution in [3.63, 3.8) is 0 Å². The lowest BCUT2D eigenvalue weighted by Crippen LogP contribution is -2.04. The van der Waals surface area contributed by atoms with E-state index in [1.165, 1.54) is 9.13 Å². The van der Waals surface area contributed by atoms with E-state index in [1.54, 1.807) is 6.20 Å². The van der Waals surface area contributed by atoms with Gasteiger partial charge in [-0.25, -0.2) is 9.97 Å². The van der Waals surface area contributed by atoms with Crippen LogP contribution in [0.5, 0.6) is 0 Å². The van der Waals surface area contributed by atoms with Crippen LogP contribution in [0.2, 0.25) is 0 Å². The fourth-order valence-electron chi connectivity index (χ4n) is 2.06. The monoisotopic (exact) mass is 442 g/mol. The van der Waals surface area contributed by atoms with Gasteiger partial charge in [-0.15, -0.1) is 0 Å². The standard InChI is InChI=1S/C14H12BrIN4/c1-9-4-10(16)2-3-12(9)17-5-11-6-19-14-7-18-13(15)8-20(11)14/h2-4,6-8,17H,5H2,1H3. The lowest BCUT2D eigenvalue weighted by atomic mass is 10.2. The number of imidazole rings is 1. The molecule has 0 saturated carbocycles. The Balaban J connectivity index is 1.85. The zero-order valence-electron chi connectivity index (χ0n) is 10.8. The second-order valence-corrected chi connectivity index (χ2v) is 6.56. The third-order valence-electron chi connectivity index (χ3n) is 3.09. The topological polar surface area (TPSA) is 42.2 Å². The van der Waals surface area contributed by atoms with Crippen LogP contribution in [0.25, 0.3) is 5.65 Å². The highest BCUT2D eigenvalue weighted by Crippen LogP contribution is 2.19. The third-order valence-corrected chi connectivity index (χ3v) is 4.17. The van der Waals surface area contributed by atoms with E-state index in [2.05, 4.69) is 78.9 Å². The van der Waals surface area contributed by atoms with E-state index in [0.717, 1.165) is 28.2 Å². The molecule has 0 fully saturated rings. The minimum absolute atomic E-state index is 0.721. The second-order valence-electron chi connectivity index (χ2n) is 4.50. The highest BCUT2D eigenvalue weighted by molar-refractivity contribution is 14.1. The SMILES string of the molecule is Cc1cc(I)ccc1NCc1cnc2cnc(Br)cn12. The fourth-order valence-corrected chi connectivity index (χ4v) is 3.01. The average molecular weight is 443 g/mol. The molecule has 0 saturated heterocycles. The summed E-state index contributed by atoms with van der Waals surface area (Å²) in [6.07, 6.45) is 5.56. The predicted octanol–water partition coefficient (Wildman–Crippen LogP) is 4.02. The quantitative estimate of drug-likeness (QED) is 0.623. The molecule has 20 heavy (non-hydrogen) atoms. The Kier molecular flexibility index (Phi) is 3.93. The zero-order valence-corrected chi connectivity index (χ0v) is 14.5. The number of rotatable bonds is 3. The molecule has 4 nitrogen and oxygen atoms in total. The summed E-state index contributed by atoms with van der Waals surface area (Å²) in [6, 6.07) is 6.38. The smallest absolute Gasteiger partial charge is 0.155 e. The van der Waals surface area contributed by atoms with E-state index in [-0.39, 0.29) is 0 Å². The van der Waals surface area contributed by atoms with Crippen LogP contribution in [0.15, 0.2) is 41.4 Å². The Morgan fingerprint density at radius 3 is 2.95 bits per heavy atom. The van der Waals surface area contributed by atoms with E-state index in [1.807, 2.05) is 16.8 Å². The number of nitrogens with one attached hydrogen (secondary N) is 1. The van der Waals surface area contributed by atoms with Gasteiger partial charge >= 0.3 is 0 Å². The van der Waals surface area contributed by atoms with Crippen molar-refractivity contribution in [1.29, 1.82) is 0 Å². The van der Waals surface area contributed by atoms with Crippen molar-refractivity contribution < 1.29 is 0 Å². The number of aryl methyl sites for hydroxylation is 1. The Bertz CT molecular complexity index is 769. The van der Waals surface area contributed by atoms with Gasteiger partial charge < -0.3 is 5.32 Å². The van der Waals surface area contributed by atoms with Gasteiger partial charge in [-0.2, -0.15) is 0 Å². The van der Waals surface area contributed by atoms with Crippen LogP contribution >= 0.6 is 38.5 Å². The van der Waals surface area contributed by atoms with Crippen LogP contribution in [-0.4, -0.2) is 14.4 Å². The number of benzene rings is 1. The molecule has 0 aliphatic heterocycles. The highest BCUT2D eigenvalue weighted by atomic mass is 127. The highest BCUT2D eigenvalue weighted by Gasteiger charge is 2.05. The molecule has 0 spiro atoms. The Morgan fingerprint density at radius 1 is 1.30 bits per heavy atom.